The zero-order chi connectivity index (χ0) is 9.02. The number of amides is 1. The monoisotopic (exact) mass is 155 g/mol. The first-order valence-electron chi connectivity index (χ1n) is 3.97. The number of carbonyl (C=O) groups is 1. The fourth-order valence-electron chi connectivity index (χ4n) is 0.988. The second-order valence-corrected chi connectivity index (χ2v) is 2.97. The van der Waals surface area contributed by atoms with Crippen LogP contribution in [0.3, 0.4) is 0 Å². The van der Waals surface area contributed by atoms with E-state index in [1.165, 1.54) is 0 Å². The summed E-state index contributed by atoms with van der Waals surface area (Å²) < 4.78 is 0. The van der Waals surface area contributed by atoms with Gasteiger partial charge in [0.05, 0.1) is 0 Å². The quantitative estimate of drug-likeness (QED) is 0.569. The molecule has 0 rings (SSSR count). The molecular formula is C9H17NO. The first-order valence-corrected chi connectivity index (χ1v) is 3.97. The molecule has 1 amide bonds. The average Bonchev–Trinajstić information content (AvgIpc) is 1.88. The topological polar surface area (TPSA) is 20.3 Å². The normalized spacial score (nSPS) is 9.91. The minimum absolute atomic E-state index is 0.0579. The Morgan fingerprint density at radius 1 is 1.55 bits per heavy atom. The van der Waals surface area contributed by atoms with Crippen LogP contribution >= 0.6 is 0 Å². The molecule has 0 fully saturated rings. The van der Waals surface area contributed by atoms with Gasteiger partial charge in [-0.3, -0.25) is 4.79 Å². The van der Waals surface area contributed by atoms with Crippen LogP contribution in [0.4, 0.5) is 0 Å². The molecule has 11 heavy (non-hydrogen) atoms. The lowest BCUT2D eigenvalue weighted by Crippen LogP contribution is -2.36. The van der Waals surface area contributed by atoms with Crippen LogP contribution in [0.15, 0.2) is 12.2 Å². The Bertz CT molecular complexity index is 161. The van der Waals surface area contributed by atoms with Crippen LogP contribution in [0.5, 0.6) is 0 Å². The van der Waals surface area contributed by atoms with Gasteiger partial charge in [-0.25, -0.2) is 0 Å². The third kappa shape index (κ3) is 2.74. The van der Waals surface area contributed by atoms with Crippen LogP contribution < -0.4 is 0 Å². The van der Waals surface area contributed by atoms with Gasteiger partial charge in [0.15, 0.2) is 0 Å². The molecule has 0 spiro atoms. The van der Waals surface area contributed by atoms with E-state index in [2.05, 4.69) is 6.58 Å². The molecule has 0 radical (unpaired) electrons. The third-order valence-electron chi connectivity index (χ3n) is 1.59. The van der Waals surface area contributed by atoms with Gasteiger partial charge >= 0.3 is 0 Å². The maximum Gasteiger partial charge on any atom is 0.249 e. The highest BCUT2D eigenvalue weighted by atomic mass is 16.2. The van der Waals surface area contributed by atoms with Gasteiger partial charge in [-0.1, -0.05) is 6.58 Å². The smallest absolute Gasteiger partial charge is 0.249 e. The van der Waals surface area contributed by atoms with Crippen LogP contribution in [0.2, 0.25) is 0 Å². The van der Waals surface area contributed by atoms with E-state index in [4.69, 9.17) is 0 Å². The lowest BCUT2D eigenvalue weighted by molar-refractivity contribution is -0.128. The second kappa shape index (κ2) is 4.16. The molecule has 0 aliphatic rings. The summed E-state index contributed by atoms with van der Waals surface area (Å²) in [6.45, 7) is 12.1. The van der Waals surface area contributed by atoms with Crippen molar-refractivity contribution in [3.05, 3.63) is 12.2 Å². The number of nitrogens with zero attached hydrogens (tertiary/aromatic N) is 1. The summed E-state index contributed by atoms with van der Waals surface area (Å²) in [6.07, 6.45) is 0. The van der Waals surface area contributed by atoms with Crippen molar-refractivity contribution in [2.45, 2.75) is 33.7 Å². The molecule has 0 aromatic carbocycles. The first kappa shape index (κ1) is 10.2. The van der Waals surface area contributed by atoms with Crippen LogP contribution in [-0.2, 0) is 4.79 Å². The summed E-state index contributed by atoms with van der Waals surface area (Å²) in [5, 5.41) is 0. The van der Waals surface area contributed by atoms with Crippen LogP contribution in [0.25, 0.3) is 0 Å². The van der Waals surface area contributed by atoms with Crippen molar-refractivity contribution >= 4 is 5.91 Å². The predicted octanol–water partition coefficient (Wildman–Crippen LogP) is 1.82. The Hall–Kier alpha value is -0.790. The van der Waals surface area contributed by atoms with Crippen LogP contribution in [0.1, 0.15) is 27.7 Å². The minimum atomic E-state index is 0.0579. The highest BCUT2D eigenvalue weighted by Gasteiger charge is 2.14. The maximum atomic E-state index is 11.3. The Morgan fingerprint density at radius 2 is 2.00 bits per heavy atom. The fraction of sp³-hybridized carbons (Fsp3) is 0.667. The SMILES string of the molecule is C=C(C)C(=O)N(CC)C(C)C. The van der Waals surface area contributed by atoms with Crippen molar-refractivity contribution in [1.82, 2.24) is 4.90 Å². The van der Waals surface area contributed by atoms with E-state index < -0.39 is 0 Å². The number of hydrogen-bond acceptors (Lipinski definition) is 1. The highest BCUT2D eigenvalue weighted by Crippen LogP contribution is 2.03. The molecule has 0 aliphatic heterocycles. The van der Waals surface area contributed by atoms with Gasteiger partial charge in [0.2, 0.25) is 5.91 Å². The van der Waals surface area contributed by atoms with E-state index in [1.807, 2.05) is 20.8 Å². The number of carbonyl (C=O) groups excluding carboxylic acids is 1. The molecule has 0 saturated heterocycles. The number of hydrogen-bond donors (Lipinski definition) is 0. The largest absolute Gasteiger partial charge is 0.337 e. The second-order valence-electron chi connectivity index (χ2n) is 2.97. The third-order valence-corrected chi connectivity index (χ3v) is 1.59. The summed E-state index contributed by atoms with van der Waals surface area (Å²) in [7, 11) is 0. The molecule has 0 aliphatic carbocycles. The summed E-state index contributed by atoms with van der Waals surface area (Å²) in [4.78, 5) is 13.1. The molecule has 2 heteroatoms. The molecule has 64 valence electrons. The Morgan fingerprint density at radius 3 is 2.09 bits per heavy atom. The van der Waals surface area contributed by atoms with Gasteiger partial charge in [-0.2, -0.15) is 0 Å². The van der Waals surface area contributed by atoms with Crippen LogP contribution in [0, 0.1) is 0 Å². The van der Waals surface area contributed by atoms with Gasteiger partial charge in [0, 0.05) is 18.2 Å². The summed E-state index contributed by atoms with van der Waals surface area (Å²) in [5.74, 6) is 0.0579. The number of rotatable bonds is 3. The van der Waals surface area contributed by atoms with Crippen molar-refractivity contribution < 1.29 is 4.79 Å². The van der Waals surface area contributed by atoms with Crippen molar-refractivity contribution in [2.24, 2.45) is 0 Å². The molecule has 2 nitrogen and oxygen atoms in total. The van der Waals surface area contributed by atoms with Crippen molar-refractivity contribution in [2.75, 3.05) is 6.54 Å². The van der Waals surface area contributed by atoms with Gasteiger partial charge < -0.3 is 4.90 Å². The zero-order valence-electron chi connectivity index (χ0n) is 7.85. The highest BCUT2D eigenvalue weighted by molar-refractivity contribution is 5.92. The summed E-state index contributed by atoms with van der Waals surface area (Å²) in [6, 6.07) is 0.268. The van der Waals surface area contributed by atoms with E-state index in [1.54, 1.807) is 11.8 Å². The van der Waals surface area contributed by atoms with Gasteiger partial charge in [0.25, 0.3) is 0 Å². The lowest BCUT2D eigenvalue weighted by atomic mass is 10.2. The Balaban J connectivity index is 4.26. The molecule has 0 saturated carbocycles. The van der Waals surface area contributed by atoms with E-state index in [9.17, 15) is 4.79 Å². The van der Waals surface area contributed by atoms with Crippen molar-refractivity contribution in [3.63, 3.8) is 0 Å². The van der Waals surface area contributed by atoms with E-state index in [0.29, 0.717) is 5.57 Å². The van der Waals surface area contributed by atoms with E-state index in [-0.39, 0.29) is 11.9 Å². The Kier molecular flexibility index (Phi) is 3.86. The Labute approximate surface area is 68.9 Å². The maximum absolute atomic E-state index is 11.3. The summed E-state index contributed by atoms with van der Waals surface area (Å²) >= 11 is 0. The van der Waals surface area contributed by atoms with Gasteiger partial charge in [-0.15, -0.1) is 0 Å². The van der Waals surface area contributed by atoms with Crippen molar-refractivity contribution in [3.8, 4) is 0 Å². The van der Waals surface area contributed by atoms with E-state index >= 15 is 0 Å². The zero-order valence-corrected chi connectivity index (χ0v) is 7.85. The first-order chi connectivity index (χ1) is 5.00. The molecule has 0 aromatic heterocycles. The molecule has 0 heterocycles. The van der Waals surface area contributed by atoms with Gasteiger partial charge in [-0.05, 0) is 27.7 Å². The molecule has 0 N–H and O–H groups in total. The molecular weight excluding hydrogens is 138 g/mol. The van der Waals surface area contributed by atoms with Gasteiger partial charge in [0.1, 0.15) is 0 Å². The number of likely N-dealkylation sites (N-methyl/N-ethyl adjacent to an activating group) is 1. The minimum Gasteiger partial charge on any atom is -0.337 e. The average molecular weight is 155 g/mol. The fourth-order valence-corrected chi connectivity index (χ4v) is 0.988. The lowest BCUT2D eigenvalue weighted by Gasteiger charge is -2.24. The molecule has 0 aromatic rings. The predicted molar refractivity (Wildman–Crippen MR) is 47.3 cm³/mol. The van der Waals surface area contributed by atoms with Crippen molar-refractivity contribution in [1.29, 1.82) is 0 Å². The van der Waals surface area contributed by atoms with E-state index in [0.717, 1.165) is 6.54 Å². The standard InChI is InChI=1S/C9H17NO/c1-6-10(8(4)5)9(11)7(2)3/h8H,2,6H2,1,3-5H3. The summed E-state index contributed by atoms with van der Waals surface area (Å²) in [5.41, 5.74) is 0.612. The molecule has 0 unspecified atom stereocenters. The molecule has 0 atom stereocenters. The molecule has 0 bridgehead atoms. The van der Waals surface area contributed by atoms with Crippen LogP contribution in [-0.4, -0.2) is 23.4 Å².